The molecule has 31 heavy (non-hydrogen) atoms. The van der Waals surface area contributed by atoms with Crippen molar-refractivity contribution in [1.82, 2.24) is 5.32 Å². The Bertz CT molecular complexity index is 502. The van der Waals surface area contributed by atoms with Gasteiger partial charge < -0.3 is 20.6 Å². The predicted octanol–water partition coefficient (Wildman–Crippen LogP) is 4.75. The summed E-state index contributed by atoms with van der Waals surface area (Å²) in [4.78, 5) is 45.6. The van der Waals surface area contributed by atoms with E-state index in [1.807, 2.05) is 0 Å². The summed E-state index contributed by atoms with van der Waals surface area (Å²) in [5, 5.41) is 29.9. The largest absolute Gasteiger partial charge is 0.481 e. The number of nitrogens with one attached hydrogen (secondary N) is 1. The quantitative estimate of drug-likeness (QED) is 0.188. The van der Waals surface area contributed by atoms with E-state index in [0.717, 1.165) is 19.3 Å². The molecule has 0 heterocycles. The van der Waals surface area contributed by atoms with Gasteiger partial charge in [-0.25, -0.2) is 0 Å². The average molecular weight is 444 g/mol. The molecule has 0 aliphatic rings. The first-order chi connectivity index (χ1) is 14.7. The molecule has 0 spiro atoms. The smallest absolute Gasteiger partial charge is 0.303 e. The van der Waals surface area contributed by atoms with Gasteiger partial charge in [0.25, 0.3) is 0 Å². The molecule has 0 aromatic heterocycles. The Labute approximate surface area is 185 Å². The summed E-state index contributed by atoms with van der Waals surface area (Å²) in [7, 11) is 0. The molecular formula is C23H41NO7. The molecule has 4 N–H and O–H groups in total. The molecule has 0 radical (unpaired) electrons. The fraction of sp³-hybridized carbons (Fsp3) is 0.826. The van der Waals surface area contributed by atoms with E-state index in [9.17, 15) is 19.2 Å². The number of hydrogen-bond acceptors (Lipinski definition) is 4. The molecule has 8 heteroatoms. The average Bonchev–Trinajstić information content (AvgIpc) is 2.70. The Morgan fingerprint density at radius 2 is 0.935 bits per heavy atom. The summed E-state index contributed by atoms with van der Waals surface area (Å²) in [6, 6.07) is 0. The van der Waals surface area contributed by atoms with Crippen LogP contribution in [0.1, 0.15) is 116 Å². The van der Waals surface area contributed by atoms with Crippen molar-refractivity contribution in [1.29, 1.82) is 0 Å². The molecule has 0 fully saturated rings. The van der Waals surface area contributed by atoms with Crippen LogP contribution in [0.4, 0.5) is 0 Å². The van der Waals surface area contributed by atoms with E-state index in [0.29, 0.717) is 6.42 Å². The normalized spacial score (nSPS) is 11.3. The van der Waals surface area contributed by atoms with Crippen molar-refractivity contribution in [2.24, 2.45) is 0 Å². The molecule has 0 saturated heterocycles. The molecule has 0 rings (SSSR count). The van der Waals surface area contributed by atoms with Gasteiger partial charge in [0.15, 0.2) is 0 Å². The van der Waals surface area contributed by atoms with Crippen LogP contribution in [-0.4, -0.2) is 44.7 Å². The molecule has 0 unspecified atom stereocenters. The third-order valence-electron chi connectivity index (χ3n) is 5.61. The van der Waals surface area contributed by atoms with Crippen molar-refractivity contribution >= 4 is 23.8 Å². The molecule has 8 nitrogen and oxygen atoms in total. The van der Waals surface area contributed by atoms with Gasteiger partial charge in [-0.2, -0.15) is 0 Å². The Kier molecular flexibility index (Phi) is 16.3. The number of aliphatic carboxylic acids is 3. The van der Waals surface area contributed by atoms with Crippen molar-refractivity contribution in [3.8, 4) is 0 Å². The van der Waals surface area contributed by atoms with E-state index in [1.54, 1.807) is 0 Å². The topological polar surface area (TPSA) is 141 Å². The minimum atomic E-state index is -1.13. The highest BCUT2D eigenvalue weighted by Crippen LogP contribution is 2.26. The van der Waals surface area contributed by atoms with E-state index in [-0.39, 0.29) is 50.9 Å². The Morgan fingerprint density at radius 3 is 1.29 bits per heavy atom. The van der Waals surface area contributed by atoms with E-state index in [1.165, 1.54) is 38.5 Å². The molecule has 1 amide bonds. The number of carboxylic acids is 3. The van der Waals surface area contributed by atoms with Crippen LogP contribution in [0, 0.1) is 0 Å². The van der Waals surface area contributed by atoms with E-state index in [4.69, 9.17) is 15.3 Å². The molecule has 0 aliphatic heterocycles. The number of carbonyl (C=O) groups is 4. The highest BCUT2D eigenvalue weighted by atomic mass is 16.4. The van der Waals surface area contributed by atoms with Crippen LogP contribution in [0.25, 0.3) is 0 Å². The third kappa shape index (κ3) is 17.3. The van der Waals surface area contributed by atoms with Gasteiger partial charge in [0, 0.05) is 31.2 Å². The van der Waals surface area contributed by atoms with Crippen molar-refractivity contribution in [2.75, 3.05) is 0 Å². The zero-order valence-corrected chi connectivity index (χ0v) is 19.0. The zero-order chi connectivity index (χ0) is 23.5. The number of carboxylic acid groups (broad SMARTS) is 3. The Hall–Kier alpha value is -2.12. The first kappa shape index (κ1) is 28.9. The molecule has 180 valence electrons. The lowest BCUT2D eigenvalue weighted by atomic mass is 9.83. The second kappa shape index (κ2) is 17.5. The van der Waals surface area contributed by atoms with Crippen LogP contribution in [0.3, 0.4) is 0 Å². The number of rotatable bonds is 21. The van der Waals surface area contributed by atoms with Crippen molar-refractivity contribution in [2.45, 2.75) is 122 Å². The third-order valence-corrected chi connectivity index (χ3v) is 5.61. The molecule has 0 aromatic carbocycles. The molecular weight excluding hydrogens is 402 g/mol. The Balaban J connectivity index is 4.53. The summed E-state index contributed by atoms with van der Waals surface area (Å²) in [6.45, 7) is 2.20. The molecule has 0 aliphatic carbocycles. The summed E-state index contributed by atoms with van der Waals surface area (Å²) >= 11 is 0. The second-order valence-electron chi connectivity index (χ2n) is 8.44. The van der Waals surface area contributed by atoms with Gasteiger partial charge >= 0.3 is 17.9 Å². The standard InChI is InChI=1S/C23H41NO7/c1-2-3-4-5-6-7-8-9-10-11-12-19(25)24-23(16-13-20(26)27,17-14-21(28)29)18-15-22(30)31/h2-18H2,1H3,(H,24,25)(H,26,27)(H,28,29)(H,30,31). The van der Waals surface area contributed by atoms with Crippen molar-refractivity contribution < 1.29 is 34.5 Å². The van der Waals surface area contributed by atoms with Gasteiger partial charge in [-0.3, -0.25) is 19.2 Å². The molecule has 0 bridgehead atoms. The summed E-state index contributed by atoms with van der Waals surface area (Å²) in [5.74, 6) is -3.49. The van der Waals surface area contributed by atoms with E-state index in [2.05, 4.69) is 12.2 Å². The summed E-state index contributed by atoms with van der Waals surface area (Å²) < 4.78 is 0. The zero-order valence-electron chi connectivity index (χ0n) is 19.0. The van der Waals surface area contributed by atoms with Gasteiger partial charge in [-0.1, -0.05) is 64.7 Å². The SMILES string of the molecule is CCCCCCCCCCCCC(=O)NC(CCC(=O)O)(CCC(=O)O)CCC(=O)O. The van der Waals surface area contributed by atoms with Crippen LogP contribution in [0.2, 0.25) is 0 Å². The summed E-state index contributed by atoms with van der Waals surface area (Å²) in [6.07, 6.45) is 10.9. The van der Waals surface area contributed by atoms with Crippen LogP contribution < -0.4 is 5.32 Å². The highest BCUT2D eigenvalue weighted by Gasteiger charge is 2.33. The Morgan fingerprint density at radius 1 is 0.581 bits per heavy atom. The van der Waals surface area contributed by atoms with Gasteiger partial charge in [0.05, 0.1) is 0 Å². The van der Waals surface area contributed by atoms with Gasteiger partial charge in [-0.05, 0) is 25.7 Å². The van der Waals surface area contributed by atoms with Crippen molar-refractivity contribution in [3.63, 3.8) is 0 Å². The number of carbonyl (C=O) groups excluding carboxylic acids is 1. The van der Waals surface area contributed by atoms with Gasteiger partial charge in [0.2, 0.25) is 5.91 Å². The maximum atomic E-state index is 12.5. The maximum Gasteiger partial charge on any atom is 0.303 e. The lowest BCUT2D eigenvalue weighted by Gasteiger charge is -2.34. The number of hydrogen-bond donors (Lipinski definition) is 4. The fourth-order valence-electron chi connectivity index (χ4n) is 3.73. The van der Waals surface area contributed by atoms with Crippen LogP contribution in [-0.2, 0) is 19.2 Å². The van der Waals surface area contributed by atoms with E-state index >= 15 is 0 Å². The van der Waals surface area contributed by atoms with Gasteiger partial charge in [-0.15, -0.1) is 0 Å². The summed E-state index contributed by atoms with van der Waals surface area (Å²) in [5.41, 5.74) is -1.13. The monoisotopic (exact) mass is 443 g/mol. The fourth-order valence-corrected chi connectivity index (χ4v) is 3.73. The minimum Gasteiger partial charge on any atom is -0.481 e. The van der Waals surface area contributed by atoms with Crippen LogP contribution in [0.5, 0.6) is 0 Å². The first-order valence-corrected chi connectivity index (χ1v) is 11.7. The van der Waals surface area contributed by atoms with Crippen LogP contribution in [0.15, 0.2) is 0 Å². The molecule has 0 aromatic rings. The highest BCUT2D eigenvalue weighted by molar-refractivity contribution is 5.77. The lowest BCUT2D eigenvalue weighted by molar-refractivity contribution is -0.139. The predicted molar refractivity (Wildman–Crippen MR) is 118 cm³/mol. The lowest BCUT2D eigenvalue weighted by Crippen LogP contribution is -2.49. The number of unbranched alkanes of at least 4 members (excludes halogenated alkanes) is 9. The van der Waals surface area contributed by atoms with E-state index < -0.39 is 23.4 Å². The van der Waals surface area contributed by atoms with Crippen LogP contribution >= 0.6 is 0 Å². The second-order valence-corrected chi connectivity index (χ2v) is 8.44. The minimum absolute atomic E-state index is 0.00661. The molecule has 0 saturated carbocycles. The molecule has 0 atom stereocenters. The van der Waals surface area contributed by atoms with Gasteiger partial charge in [0.1, 0.15) is 0 Å². The van der Waals surface area contributed by atoms with Crippen molar-refractivity contribution in [3.05, 3.63) is 0 Å². The maximum absolute atomic E-state index is 12.5. The number of amides is 1. The first-order valence-electron chi connectivity index (χ1n) is 11.7.